The summed E-state index contributed by atoms with van der Waals surface area (Å²) in [5.74, 6) is 1.93. The maximum absolute atomic E-state index is 11.9. The predicted molar refractivity (Wildman–Crippen MR) is 90.0 cm³/mol. The van der Waals surface area contributed by atoms with Crippen molar-refractivity contribution in [1.29, 1.82) is 0 Å². The second-order valence-corrected chi connectivity index (χ2v) is 5.74. The minimum absolute atomic E-state index is 0.249. The van der Waals surface area contributed by atoms with Crippen molar-refractivity contribution in [3.63, 3.8) is 0 Å². The van der Waals surface area contributed by atoms with Crippen LogP contribution in [0.25, 0.3) is 0 Å². The molecule has 1 aliphatic rings. The van der Waals surface area contributed by atoms with E-state index in [1.165, 1.54) is 10.6 Å². The summed E-state index contributed by atoms with van der Waals surface area (Å²) >= 11 is 0. The van der Waals surface area contributed by atoms with Gasteiger partial charge in [-0.05, 0) is 31.4 Å². The SMILES string of the molecule is CCn1c(=O)cc(N2CC[C@H](CNc3ccccn3)C2)[nH]c1=O. The molecule has 2 N–H and O–H groups in total. The molecule has 0 saturated carbocycles. The first-order valence-corrected chi connectivity index (χ1v) is 7.91. The Balaban J connectivity index is 1.64. The van der Waals surface area contributed by atoms with Gasteiger partial charge in [-0.15, -0.1) is 0 Å². The molecule has 0 bridgehead atoms. The van der Waals surface area contributed by atoms with Gasteiger partial charge in [0.15, 0.2) is 0 Å². The van der Waals surface area contributed by atoms with Crippen LogP contribution in [0.4, 0.5) is 11.6 Å². The van der Waals surface area contributed by atoms with E-state index in [1.54, 1.807) is 13.1 Å². The highest BCUT2D eigenvalue weighted by atomic mass is 16.2. The van der Waals surface area contributed by atoms with Crippen LogP contribution in [-0.2, 0) is 6.54 Å². The summed E-state index contributed by atoms with van der Waals surface area (Å²) in [7, 11) is 0. The van der Waals surface area contributed by atoms with Crippen LogP contribution in [0.5, 0.6) is 0 Å². The fraction of sp³-hybridized carbons (Fsp3) is 0.438. The number of aromatic amines is 1. The molecule has 3 rings (SSSR count). The molecule has 1 atom stereocenters. The average molecular weight is 315 g/mol. The zero-order valence-corrected chi connectivity index (χ0v) is 13.2. The summed E-state index contributed by atoms with van der Waals surface area (Å²) in [6, 6.07) is 7.29. The molecule has 23 heavy (non-hydrogen) atoms. The fourth-order valence-electron chi connectivity index (χ4n) is 2.91. The van der Waals surface area contributed by atoms with E-state index in [0.29, 0.717) is 18.3 Å². The number of hydrogen-bond donors (Lipinski definition) is 2. The van der Waals surface area contributed by atoms with Crippen molar-refractivity contribution in [2.45, 2.75) is 19.9 Å². The standard InChI is InChI=1S/C16H21N5O2/c1-2-21-15(22)9-14(19-16(21)23)20-8-6-12(11-20)10-18-13-5-3-4-7-17-13/h3-5,7,9,12H,2,6,8,10-11H2,1H3,(H,17,18)(H,19,23)/t12-/m1/s1. The van der Waals surface area contributed by atoms with E-state index in [0.717, 1.165) is 31.9 Å². The highest BCUT2D eigenvalue weighted by Crippen LogP contribution is 2.20. The monoisotopic (exact) mass is 315 g/mol. The Morgan fingerprint density at radius 2 is 2.26 bits per heavy atom. The maximum atomic E-state index is 11.9. The number of anilines is 2. The van der Waals surface area contributed by atoms with Gasteiger partial charge in [-0.25, -0.2) is 9.78 Å². The summed E-state index contributed by atoms with van der Waals surface area (Å²) in [5, 5.41) is 3.32. The molecule has 0 aromatic carbocycles. The summed E-state index contributed by atoms with van der Waals surface area (Å²) in [5.41, 5.74) is -0.591. The molecule has 0 radical (unpaired) electrons. The van der Waals surface area contributed by atoms with E-state index in [1.807, 2.05) is 18.2 Å². The third kappa shape index (κ3) is 3.44. The van der Waals surface area contributed by atoms with E-state index >= 15 is 0 Å². The van der Waals surface area contributed by atoms with Crippen molar-refractivity contribution < 1.29 is 0 Å². The Morgan fingerprint density at radius 3 is 2.96 bits per heavy atom. The topological polar surface area (TPSA) is 83.0 Å². The van der Waals surface area contributed by atoms with Crippen LogP contribution in [-0.4, -0.2) is 34.2 Å². The summed E-state index contributed by atoms with van der Waals surface area (Å²) in [6.45, 7) is 4.63. The first kappa shape index (κ1) is 15.3. The van der Waals surface area contributed by atoms with E-state index in [9.17, 15) is 9.59 Å². The van der Waals surface area contributed by atoms with E-state index in [2.05, 4.69) is 20.2 Å². The van der Waals surface area contributed by atoms with Crippen LogP contribution < -0.4 is 21.5 Å². The van der Waals surface area contributed by atoms with E-state index < -0.39 is 0 Å². The molecule has 7 nitrogen and oxygen atoms in total. The molecule has 1 saturated heterocycles. The maximum Gasteiger partial charge on any atom is 0.329 e. The molecule has 0 amide bonds. The lowest BCUT2D eigenvalue weighted by Gasteiger charge is -2.18. The van der Waals surface area contributed by atoms with Crippen molar-refractivity contribution in [2.75, 3.05) is 29.9 Å². The van der Waals surface area contributed by atoms with Crippen molar-refractivity contribution in [3.05, 3.63) is 51.3 Å². The second-order valence-electron chi connectivity index (χ2n) is 5.74. The van der Waals surface area contributed by atoms with Crippen LogP contribution in [0, 0.1) is 5.92 Å². The van der Waals surface area contributed by atoms with Crippen LogP contribution in [0.3, 0.4) is 0 Å². The minimum Gasteiger partial charge on any atom is -0.370 e. The van der Waals surface area contributed by atoms with Gasteiger partial charge in [0.2, 0.25) is 0 Å². The largest absolute Gasteiger partial charge is 0.370 e. The summed E-state index contributed by atoms with van der Waals surface area (Å²) < 4.78 is 1.19. The predicted octanol–water partition coefficient (Wildman–Crippen LogP) is 0.890. The molecular weight excluding hydrogens is 294 g/mol. The number of aromatic nitrogens is 3. The number of nitrogens with one attached hydrogen (secondary N) is 2. The van der Waals surface area contributed by atoms with Crippen LogP contribution in [0.1, 0.15) is 13.3 Å². The van der Waals surface area contributed by atoms with Crippen molar-refractivity contribution in [2.24, 2.45) is 5.92 Å². The zero-order chi connectivity index (χ0) is 16.2. The second kappa shape index (κ2) is 6.68. The van der Waals surface area contributed by atoms with Gasteiger partial charge in [0.1, 0.15) is 11.6 Å². The minimum atomic E-state index is -0.343. The van der Waals surface area contributed by atoms with Crippen LogP contribution in [0.15, 0.2) is 40.1 Å². The normalized spacial score (nSPS) is 17.4. The first-order valence-electron chi connectivity index (χ1n) is 7.91. The third-order valence-electron chi connectivity index (χ3n) is 4.19. The van der Waals surface area contributed by atoms with Gasteiger partial charge in [0.25, 0.3) is 5.56 Å². The Labute approximate surface area is 134 Å². The molecule has 1 aliphatic heterocycles. The fourth-order valence-corrected chi connectivity index (χ4v) is 2.91. The number of hydrogen-bond acceptors (Lipinski definition) is 5. The quantitative estimate of drug-likeness (QED) is 0.856. The highest BCUT2D eigenvalue weighted by molar-refractivity contribution is 5.39. The highest BCUT2D eigenvalue weighted by Gasteiger charge is 2.23. The third-order valence-corrected chi connectivity index (χ3v) is 4.19. The Bertz CT molecular complexity index is 737. The average Bonchev–Trinajstić information content (AvgIpc) is 3.02. The number of rotatable bonds is 5. The van der Waals surface area contributed by atoms with E-state index in [4.69, 9.17) is 0 Å². The lowest BCUT2D eigenvalue weighted by atomic mass is 10.1. The molecule has 0 spiro atoms. The molecule has 0 aliphatic carbocycles. The van der Waals surface area contributed by atoms with Gasteiger partial charge in [-0.2, -0.15) is 0 Å². The Hall–Kier alpha value is -2.57. The summed E-state index contributed by atoms with van der Waals surface area (Å²) in [4.78, 5) is 32.9. The van der Waals surface area contributed by atoms with Crippen LogP contribution >= 0.6 is 0 Å². The molecular formula is C16H21N5O2. The first-order chi connectivity index (χ1) is 11.2. The van der Waals surface area contributed by atoms with Crippen molar-refractivity contribution in [1.82, 2.24) is 14.5 Å². The van der Waals surface area contributed by atoms with Gasteiger partial charge in [0.05, 0.1) is 0 Å². The zero-order valence-electron chi connectivity index (χ0n) is 13.2. The lowest BCUT2D eigenvalue weighted by Crippen LogP contribution is -2.36. The van der Waals surface area contributed by atoms with Gasteiger partial charge in [-0.1, -0.05) is 6.07 Å². The molecule has 3 heterocycles. The van der Waals surface area contributed by atoms with Crippen LogP contribution in [0.2, 0.25) is 0 Å². The molecule has 0 unspecified atom stereocenters. The number of nitrogens with zero attached hydrogens (tertiary/aromatic N) is 3. The van der Waals surface area contributed by atoms with Gasteiger partial charge in [-0.3, -0.25) is 14.3 Å². The molecule has 2 aromatic rings. The van der Waals surface area contributed by atoms with Crippen molar-refractivity contribution >= 4 is 11.6 Å². The lowest BCUT2D eigenvalue weighted by molar-refractivity contribution is 0.619. The van der Waals surface area contributed by atoms with Gasteiger partial charge >= 0.3 is 5.69 Å². The Morgan fingerprint density at radius 1 is 1.39 bits per heavy atom. The van der Waals surface area contributed by atoms with Crippen molar-refractivity contribution in [3.8, 4) is 0 Å². The summed E-state index contributed by atoms with van der Waals surface area (Å²) in [6.07, 6.45) is 2.77. The van der Waals surface area contributed by atoms with Gasteiger partial charge < -0.3 is 10.2 Å². The molecule has 1 fully saturated rings. The van der Waals surface area contributed by atoms with E-state index in [-0.39, 0.29) is 11.2 Å². The smallest absolute Gasteiger partial charge is 0.329 e. The molecule has 122 valence electrons. The number of H-pyrrole nitrogens is 1. The Kier molecular flexibility index (Phi) is 4.45. The van der Waals surface area contributed by atoms with Gasteiger partial charge in [0, 0.05) is 38.4 Å². The molecule has 7 heteroatoms. The number of pyridine rings is 1. The molecule has 2 aromatic heterocycles.